The van der Waals surface area contributed by atoms with E-state index in [2.05, 4.69) is 23.6 Å². The lowest BCUT2D eigenvalue weighted by molar-refractivity contribution is 0.0903. The average Bonchev–Trinajstić information content (AvgIpc) is 3.27. The number of nitrogens with zero attached hydrogens (tertiary/aromatic N) is 3. The van der Waals surface area contributed by atoms with Crippen LogP contribution in [0.5, 0.6) is 0 Å². The van der Waals surface area contributed by atoms with Crippen molar-refractivity contribution in [1.82, 2.24) is 9.97 Å². The van der Waals surface area contributed by atoms with Crippen molar-refractivity contribution in [2.45, 2.75) is 55.4 Å². The molecule has 30 heavy (non-hydrogen) atoms. The summed E-state index contributed by atoms with van der Waals surface area (Å²) in [6.45, 7) is 4.33. The smallest absolute Gasteiger partial charge is 0.224 e. The molecule has 4 rings (SSSR count). The topological polar surface area (TPSA) is 82.9 Å². The molecule has 7 heteroatoms. The first kappa shape index (κ1) is 21.0. The molecule has 6 nitrogen and oxygen atoms in total. The minimum atomic E-state index is -0.496. The summed E-state index contributed by atoms with van der Waals surface area (Å²) in [6.07, 6.45) is 4.46. The standard InChI is InChI=1S/C23H29N5OS/c1-2-23(16-24,17-6-4-3-5-7-17)11-12-25-22-27-19-10-15-30-20(19)21(28-22)26-18-8-13-29-14-9-18/h3-7,18H,2,8-15H2,1H3,(H2,25,26,27,28). The van der Waals surface area contributed by atoms with E-state index >= 15 is 0 Å². The lowest BCUT2D eigenvalue weighted by Crippen LogP contribution is -2.29. The zero-order valence-electron chi connectivity index (χ0n) is 17.5. The molecule has 0 bridgehead atoms. The van der Waals surface area contributed by atoms with E-state index in [0.717, 1.165) is 61.7 Å². The van der Waals surface area contributed by atoms with E-state index in [-0.39, 0.29) is 0 Å². The minimum absolute atomic E-state index is 0.399. The number of thioether (sulfide) groups is 1. The second kappa shape index (κ2) is 9.67. The maximum Gasteiger partial charge on any atom is 0.224 e. The Bertz CT molecular complexity index is 894. The minimum Gasteiger partial charge on any atom is -0.381 e. The Labute approximate surface area is 182 Å². The SMILES string of the molecule is CCC(C#N)(CCNc1nc2c(c(NC3CCOCC3)n1)SCC2)c1ccccc1. The van der Waals surface area contributed by atoms with Gasteiger partial charge in [0.25, 0.3) is 0 Å². The van der Waals surface area contributed by atoms with Gasteiger partial charge >= 0.3 is 0 Å². The molecular formula is C23H29N5OS. The van der Waals surface area contributed by atoms with Gasteiger partial charge in [0.15, 0.2) is 0 Å². The second-order valence-corrected chi connectivity index (χ2v) is 9.00. The molecule has 0 spiro atoms. The van der Waals surface area contributed by atoms with Gasteiger partial charge in [-0.3, -0.25) is 0 Å². The van der Waals surface area contributed by atoms with Gasteiger partial charge in [-0.25, -0.2) is 4.98 Å². The van der Waals surface area contributed by atoms with Crippen LogP contribution in [0.25, 0.3) is 0 Å². The Morgan fingerprint density at radius 1 is 1.23 bits per heavy atom. The van der Waals surface area contributed by atoms with Crippen LogP contribution >= 0.6 is 11.8 Å². The summed E-state index contributed by atoms with van der Waals surface area (Å²) in [5, 5.41) is 17.0. The number of ether oxygens (including phenoxy) is 1. The third-order valence-corrected chi connectivity index (χ3v) is 7.19. The van der Waals surface area contributed by atoms with Crippen LogP contribution in [0.1, 0.15) is 43.9 Å². The molecule has 1 atom stereocenters. The Balaban J connectivity index is 1.46. The summed E-state index contributed by atoms with van der Waals surface area (Å²) in [6, 6.07) is 13.0. The Hall–Kier alpha value is -2.30. The van der Waals surface area contributed by atoms with Gasteiger partial charge in [0.05, 0.1) is 22.1 Å². The monoisotopic (exact) mass is 423 g/mol. The van der Waals surface area contributed by atoms with Crippen LogP contribution in [0.3, 0.4) is 0 Å². The molecule has 1 saturated heterocycles. The van der Waals surface area contributed by atoms with Crippen LogP contribution in [0, 0.1) is 11.3 Å². The molecule has 2 aliphatic rings. The summed E-state index contributed by atoms with van der Waals surface area (Å²) in [7, 11) is 0. The van der Waals surface area contributed by atoms with Crippen LogP contribution in [0.2, 0.25) is 0 Å². The fraction of sp³-hybridized carbons (Fsp3) is 0.522. The fourth-order valence-corrected chi connectivity index (χ4v) is 5.20. The van der Waals surface area contributed by atoms with Crippen LogP contribution in [-0.2, 0) is 16.6 Å². The van der Waals surface area contributed by atoms with E-state index in [1.165, 1.54) is 4.90 Å². The number of aromatic nitrogens is 2. The molecule has 1 aromatic carbocycles. The summed E-state index contributed by atoms with van der Waals surface area (Å²) < 4.78 is 5.48. The van der Waals surface area contributed by atoms with E-state index in [1.54, 1.807) is 0 Å². The molecule has 0 saturated carbocycles. The average molecular weight is 424 g/mol. The number of anilines is 2. The first-order valence-electron chi connectivity index (χ1n) is 10.8. The molecule has 0 aliphatic carbocycles. The van der Waals surface area contributed by atoms with E-state index in [1.807, 2.05) is 42.1 Å². The number of rotatable bonds is 8. The number of fused-ring (bicyclic) bond motifs is 1. The van der Waals surface area contributed by atoms with Gasteiger partial charge in [0.1, 0.15) is 5.82 Å². The maximum atomic E-state index is 9.95. The molecule has 1 fully saturated rings. The Kier molecular flexibility index (Phi) is 6.76. The zero-order chi connectivity index (χ0) is 20.8. The largest absolute Gasteiger partial charge is 0.381 e. The van der Waals surface area contributed by atoms with E-state index in [0.29, 0.717) is 25.0 Å². The number of nitrogens with one attached hydrogen (secondary N) is 2. The molecule has 0 amide bonds. The highest BCUT2D eigenvalue weighted by atomic mass is 32.2. The van der Waals surface area contributed by atoms with Crippen molar-refractivity contribution in [1.29, 1.82) is 5.26 Å². The van der Waals surface area contributed by atoms with Crippen LogP contribution in [0.4, 0.5) is 11.8 Å². The van der Waals surface area contributed by atoms with Gasteiger partial charge in [-0.05, 0) is 31.2 Å². The van der Waals surface area contributed by atoms with Gasteiger partial charge in [-0.15, -0.1) is 11.8 Å². The number of hydrogen-bond donors (Lipinski definition) is 2. The molecule has 2 aliphatic heterocycles. The molecule has 2 aromatic rings. The maximum absolute atomic E-state index is 9.95. The van der Waals surface area contributed by atoms with Gasteiger partial charge in [-0.1, -0.05) is 37.3 Å². The van der Waals surface area contributed by atoms with E-state index in [4.69, 9.17) is 14.7 Å². The van der Waals surface area contributed by atoms with Crippen LogP contribution < -0.4 is 10.6 Å². The highest BCUT2D eigenvalue weighted by Crippen LogP contribution is 2.37. The van der Waals surface area contributed by atoms with Crippen molar-refractivity contribution < 1.29 is 4.74 Å². The zero-order valence-corrected chi connectivity index (χ0v) is 18.3. The van der Waals surface area contributed by atoms with Gasteiger partial charge in [-0.2, -0.15) is 10.2 Å². The summed E-state index contributed by atoms with van der Waals surface area (Å²) in [4.78, 5) is 10.8. The molecule has 158 valence electrons. The quantitative estimate of drug-likeness (QED) is 0.651. The lowest BCUT2D eigenvalue weighted by Gasteiger charge is -2.26. The summed E-state index contributed by atoms with van der Waals surface area (Å²) >= 11 is 1.83. The second-order valence-electron chi connectivity index (χ2n) is 7.89. The first-order valence-corrected chi connectivity index (χ1v) is 11.8. The van der Waals surface area contributed by atoms with Crippen molar-refractivity contribution in [2.24, 2.45) is 0 Å². The number of nitriles is 1. The van der Waals surface area contributed by atoms with E-state index < -0.39 is 5.41 Å². The number of hydrogen-bond acceptors (Lipinski definition) is 7. The highest BCUT2D eigenvalue weighted by molar-refractivity contribution is 7.99. The Morgan fingerprint density at radius 2 is 2.03 bits per heavy atom. The number of benzene rings is 1. The van der Waals surface area contributed by atoms with Gasteiger partial charge < -0.3 is 15.4 Å². The van der Waals surface area contributed by atoms with Crippen molar-refractivity contribution in [2.75, 3.05) is 36.1 Å². The summed E-state index contributed by atoms with van der Waals surface area (Å²) in [5.41, 5.74) is 1.70. The first-order chi connectivity index (χ1) is 14.7. The van der Waals surface area contributed by atoms with Crippen LogP contribution in [-0.4, -0.2) is 41.5 Å². The third-order valence-electron chi connectivity index (χ3n) is 6.06. The van der Waals surface area contributed by atoms with Crippen molar-refractivity contribution >= 4 is 23.5 Å². The molecule has 0 radical (unpaired) electrons. The molecule has 3 heterocycles. The van der Waals surface area contributed by atoms with Crippen molar-refractivity contribution in [3.63, 3.8) is 0 Å². The molecule has 1 unspecified atom stereocenters. The third kappa shape index (κ3) is 4.55. The Morgan fingerprint density at radius 3 is 2.77 bits per heavy atom. The van der Waals surface area contributed by atoms with E-state index in [9.17, 15) is 5.26 Å². The number of aryl methyl sites for hydroxylation is 1. The predicted octanol–water partition coefficient (Wildman–Crippen LogP) is 4.39. The van der Waals surface area contributed by atoms with Gasteiger partial charge in [0, 0.05) is 38.0 Å². The molecule has 2 N–H and O–H groups in total. The highest BCUT2D eigenvalue weighted by Gasteiger charge is 2.30. The normalized spacial score (nSPS) is 18.3. The van der Waals surface area contributed by atoms with Crippen molar-refractivity contribution in [3.05, 3.63) is 41.6 Å². The molecule has 1 aromatic heterocycles. The fourth-order valence-electron chi connectivity index (χ4n) is 4.15. The predicted molar refractivity (Wildman–Crippen MR) is 121 cm³/mol. The summed E-state index contributed by atoms with van der Waals surface area (Å²) in [5.74, 6) is 2.65. The van der Waals surface area contributed by atoms with Crippen molar-refractivity contribution in [3.8, 4) is 6.07 Å². The van der Waals surface area contributed by atoms with Crippen LogP contribution in [0.15, 0.2) is 35.2 Å². The van der Waals surface area contributed by atoms with Gasteiger partial charge in [0.2, 0.25) is 5.95 Å². The lowest BCUT2D eigenvalue weighted by atomic mass is 9.77. The molecular weight excluding hydrogens is 394 g/mol.